The van der Waals surface area contributed by atoms with Gasteiger partial charge in [0.15, 0.2) is 9.84 Å². The fourth-order valence-electron chi connectivity index (χ4n) is 1.70. The van der Waals surface area contributed by atoms with Crippen LogP contribution in [0, 0.1) is 0 Å². The van der Waals surface area contributed by atoms with Gasteiger partial charge in [0, 0.05) is 18.3 Å². The van der Waals surface area contributed by atoms with E-state index in [9.17, 15) is 8.42 Å². The molecule has 0 aromatic carbocycles. The molecule has 0 spiro atoms. The second-order valence-corrected chi connectivity index (χ2v) is 6.04. The van der Waals surface area contributed by atoms with Gasteiger partial charge in [-0.05, 0) is 12.5 Å². The van der Waals surface area contributed by atoms with Crippen LogP contribution in [0.1, 0.15) is 12.0 Å². The molecule has 1 aliphatic rings. The molecule has 0 radical (unpaired) electrons. The van der Waals surface area contributed by atoms with Gasteiger partial charge in [-0.2, -0.15) is 0 Å². The number of hydrogen-bond donors (Lipinski definition) is 1. The average molecular weight is 242 g/mol. The van der Waals surface area contributed by atoms with Crippen molar-refractivity contribution in [2.45, 2.75) is 19.1 Å². The second-order valence-electron chi connectivity index (χ2n) is 3.81. The molecule has 88 valence electrons. The molecule has 16 heavy (non-hydrogen) atoms. The Bertz CT molecular complexity index is 473. The van der Waals surface area contributed by atoms with Gasteiger partial charge in [0.05, 0.1) is 11.5 Å². The third-order valence-corrected chi connectivity index (χ3v) is 4.28. The first-order chi connectivity index (χ1) is 7.61. The topological polar surface area (TPSA) is 82.3 Å². The van der Waals surface area contributed by atoms with E-state index in [2.05, 4.69) is 4.98 Å². The molecule has 5 nitrogen and oxygen atoms in total. The summed E-state index contributed by atoms with van der Waals surface area (Å²) in [5, 5.41) is 0. The molecule has 0 amide bonds. The molecule has 1 aromatic rings. The highest BCUT2D eigenvalue weighted by molar-refractivity contribution is 7.91. The van der Waals surface area contributed by atoms with Crippen LogP contribution in [0.2, 0.25) is 0 Å². The summed E-state index contributed by atoms with van der Waals surface area (Å²) >= 11 is 0. The Hall–Kier alpha value is -1.14. The number of nitrogens with zero attached hydrogens (tertiary/aromatic N) is 1. The Kier molecular flexibility index (Phi) is 3.11. The maximum atomic E-state index is 11.3. The first kappa shape index (κ1) is 11.3. The first-order valence-electron chi connectivity index (χ1n) is 5.12. The van der Waals surface area contributed by atoms with Gasteiger partial charge in [0.1, 0.15) is 6.10 Å². The van der Waals surface area contributed by atoms with Crippen LogP contribution in [-0.2, 0) is 16.4 Å². The van der Waals surface area contributed by atoms with Gasteiger partial charge in [-0.1, -0.05) is 6.07 Å². The zero-order valence-corrected chi connectivity index (χ0v) is 9.61. The Balaban J connectivity index is 2.10. The van der Waals surface area contributed by atoms with Crippen LogP contribution in [0.5, 0.6) is 5.88 Å². The van der Waals surface area contributed by atoms with Crippen LogP contribution < -0.4 is 10.5 Å². The van der Waals surface area contributed by atoms with E-state index in [1.165, 1.54) is 0 Å². The van der Waals surface area contributed by atoms with E-state index in [1.54, 1.807) is 12.3 Å². The number of rotatable bonds is 3. The van der Waals surface area contributed by atoms with Crippen molar-refractivity contribution in [3.05, 3.63) is 23.9 Å². The van der Waals surface area contributed by atoms with Gasteiger partial charge in [0.2, 0.25) is 5.88 Å². The molecule has 1 fully saturated rings. The summed E-state index contributed by atoms with van der Waals surface area (Å²) in [5.74, 6) is 0.725. The summed E-state index contributed by atoms with van der Waals surface area (Å²) in [6, 6.07) is 3.60. The Labute approximate surface area is 94.5 Å². The summed E-state index contributed by atoms with van der Waals surface area (Å²) in [7, 11) is -2.92. The Morgan fingerprint density at radius 3 is 3.00 bits per heavy atom. The van der Waals surface area contributed by atoms with E-state index in [0.29, 0.717) is 18.8 Å². The van der Waals surface area contributed by atoms with E-state index in [-0.39, 0.29) is 17.6 Å². The minimum atomic E-state index is -2.92. The van der Waals surface area contributed by atoms with Crippen molar-refractivity contribution in [3.63, 3.8) is 0 Å². The van der Waals surface area contributed by atoms with Crippen molar-refractivity contribution < 1.29 is 13.2 Å². The number of nitrogens with two attached hydrogens (primary N) is 1. The zero-order valence-electron chi connectivity index (χ0n) is 8.80. The number of aromatic nitrogens is 1. The first-order valence-corrected chi connectivity index (χ1v) is 6.94. The van der Waals surface area contributed by atoms with Crippen LogP contribution in [0.3, 0.4) is 0 Å². The number of ether oxygens (including phenoxy) is 1. The van der Waals surface area contributed by atoms with Crippen LogP contribution in [0.15, 0.2) is 18.3 Å². The smallest absolute Gasteiger partial charge is 0.218 e. The molecule has 2 heterocycles. The second kappa shape index (κ2) is 4.39. The molecule has 0 saturated carbocycles. The summed E-state index contributed by atoms with van der Waals surface area (Å²) < 4.78 is 28.1. The van der Waals surface area contributed by atoms with E-state index in [4.69, 9.17) is 10.5 Å². The monoisotopic (exact) mass is 242 g/mol. The van der Waals surface area contributed by atoms with Gasteiger partial charge < -0.3 is 10.5 Å². The van der Waals surface area contributed by atoms with Crippen LogP contribution in [0.4, 0.5) is 0 Å². The van der Waals surface area contributed by atoms with Crippen LogP contribution >= 0.6 is 0 Å². The molecule has 0 bridgehead atoms. The lowest BCUT2D eigenvalue weighted by molar-refractivity contribution is 0.217. The minimum Gasteiger partial charge on any atom is -0.473 e. The van der Waals surface area contributed by atoms with Crippen molar-refractivity contribution in [1.29, 1.82) is 0 Å². The lowest BCUT2D eigenvalue weighted by Crippen LogP contribution is -2.19. The summed E-state index contributed by atoms with van der Waals surface area (Å²) in [5.41, 5.74) is 6.34. The standard InChI is InChI=1S/C10H14N2O3S/c11-6-8-2-1-4-12-10(8)15-9-3-5-16(13,14)7-9/h1-2,4,9H,3,5-7,11H2. The van der Waals surface area contributed by atoms with Gasteiger partial charge in [-0.15, -0.1) is 0 Å². The van der Waals surface area contributed by atoms with E-state index < -0.39 is 9.84 Å². The average Bonchev–Trinajstić information content (AvgIpc) is 2.59. The third-order valence-electron chi connectivity index (χ3n) is 2.54. The molecule has 2 rings (SSSR count). The summed E-state index contributed by atoms with van der Waals surface area (Å²) in [6.45, 7) is 0.336. The molecule has 1 atom stereocenters. The highest BCUT2D eigenvalue weighted by Gasteiger charge is 2.29. The highest BCUT2D eigenvalue weighted by atomic mass is 32.2. The zero-order chi connectivity index (χ0) is 11.6. The third kappa shape index (κ3) is 2.51. The SMILES string of the molecule is NCc1cccnc1OC1CCS(=O)(=O)C1. The Morgan fingerprint density at radius 2 is 2.38 bits per heavy atom. The van der Waals surface area contributed by atoms with Crippen LogP contribution in [0.25, 0.3) is 0 Å². The molecular weight excluding hydrogens is 228 g/mol. The number of pyridine rings is 1. The fraction of sp³-hybridized carbons (Fsp3) is 0.500. The van der Waals surface area contributed by atoms with Crippen molar-refractivity contribution >= 4 is 9.84 Å². The largest absolute Gasteiger partial charge is 0.473 e. The maximum absolute atomic E-state index is 11.3. The Morgan fingerprint density at radius 1 is 1.56 bits per heavy atom. The fourth-order valence-corrected chi connectivity index (χ4v) is 3.29. The van der Waals surface area contributed by atoms with E-state index in [0.717, 1.165) is 5.56 Å². The molecule has 1 aromatic heterocycles. The van der Waals surface area contributed by atoms with Crippen molar-refractivity contribution in [1.82, 2.24) is 4.98 Å². The van der Waals surface area contributed by atoms with Gasteiger partial charge in [-0.25, -0.2) is 13.4 Å². The summed E-state index contributed by atoms with van der Waals surface area (Å²) in [6.07, 6.45) is 1.85. The maximum Gasteiger partial charge on any atom is 0.218 e. The molecule has 0 aliphatic carbocycles. The summed E-state index contributed by atoms with van der Waals surface area (Å²) in [4.78, 5) is 4.06. The van der Waals surface area contributed by atoms with Gasteiger partial charge in [0.25, 0.3) is 0 Å². The van der Waals surface area contributed by atoms with Gasteiger partial charge in [-0.3, -0.25) is 0 Å². The molecule has 1 unspecified atom stereocenters. The normalized spacial score (nSPS) is 23.2. The lowest BCUT2D eigenvalue weighted by Gasteiger charge is -2.13. The van der Waals surface area contributed by atoms with E-state index in [1.807, 2.05) is 6.07 Å². The van der Waals surface area contributed by atoms with Crippen LogP contribution in [-0.4, -0.2) is 31.0 Å². The predicted octanol–water partition coefficient (Wildman–Crippen LogP) is 0.106. The number of sulfone groups is 1. The number of hydrogen-bond acceptors (Lipinski definition) is 5. The molecule has 6 heteroatoms. The van der Waals surface area contributed by atoms with Crippen molar-refractivity contribution in [2.75, 3.05) is 11.5 Å². The van der Waals surface area contributed by atoms with Crippen molar-refractivity contribution in [3.8, 4) is 5.88 Å². The molecule has 1 aliphatic heterocycles. The van der Waals surface area contributed by atoms with Crippen molar-refractivity contribution in [2.24, 2.45) is 5.73 Å². The van der Waals surface area contributed by atoms with Gasteiger partial charge >= 0.3 is 0 Å². The lowest BCUT2D eigenvalue weighted by atomic mass is 10.2. The molecule has 2 N–H and O–H groups in total. The predicted molar refractivity (Wildman–Crippen MR) is 59.8 cm³/mol. The molecular formula is C10H14N2O3S. The highest BCUT2D eigenvalue weighted by Crippen LogP contribution is 2.20. The van der Waals surface area contributed by atoms with E-state index >= 15 is 0 Å². The minimum absolute atomic E-state index is 0.0770. The molecule has 1 saturated heterocycles. The quantitative estimate of drug-likeness (QED) is 0.813.